The van der Waals surface area contributed by atoms with Crippen molar-refractivity contribution < 1.29 is 0 Å². The Morgan fingerprint density at radius 3 is 1.63 bits per heavy atom. The number of hydrogen-bond acceptors (Lipinski definition) is 0. The number of allylic oxidation sites excluding steroid dienone is 3. The molecule has 0 N–H and O–H groups in total. The van der Waals surface area contributed by atoms with E-state index in [4.69, 9.17) is 6.58 Å². The second-order valence-electron chi connectivity index (χ2n) is 11.4. The van der Waals surface area contributed by atoms with Crippen molar-refractivity contribution in [1.82, 2.24) is 0 Å². The first-order valence-electron chi connectivity index (χ1n) is 14.7. The van der Waals surface area contributed by atoms with Gasteiger partial charge in [-0.25, -0.2) is 0 Å². The molecule has 0 saturated heterocycles. The summed E-state index contributed by atoms with van der Waals surface area (Å²) in [6.07, 6.45) is 3.46. The molecule has 1 saturated carbocycles. The molecule has 0 aromatic heterocycles. The zero-order chi connectivity index (χ0) is 27.9. The van der Waals surface area contributed by atoms with Crippen LogP contribution in [0.2, 0.25) is 0 Å². The molecule has 0 amide bonds. The zero-order valence-electron chi connectivity index (χ0n) is 23.8. The van der Waals surface area contributed by atoms with Gasteiger partial charge in [-0.2, -0.15) is 0 Å². The van der Waals surface area contributed by atoms with E-state index in [-0.39, 0.29) is 0 Å². The normalized spacial score (nSPS) is 16.7. The van der Waals surface area contributed by atoms with Crippen LogP contribution in [0.15, 0.2) is 140 Å². The van der Waals surface area contributed by atoms with Crippen molar-refractivity contribution in [3.05, 3.63) is 157 Å². The van der Waals surface area contributed by atoms with Crippen molar-refractivity contribution >= 4 is 32.7 Å². The molecule has 0 radical (unpaired) electrons. The summed E-state index contributed by atoms with van der Waals surface area (Å²) in [5.41, 5.74) is 11.3. The van der Waals surface area contributed by atoms with Gasteiger partial charge in [0, 0.05) is 0 Å². The van der Waals surface area contributed by atoms with Gasteiger partial charge in [0.1, 0.15) is 0 Å². The van der Waals surface area contributed by atoms with Crippen LogP contribution in [0.4, 0.5) is 0 Å². The van der Waals surface area contributed by atoms with Crippen LogP contribution in [0.1, 0.15) is 42.9 Å². The summed E-state index contributed by atoms with van der Waals surface area (Å²) in [6.45, 7) is 9.20. The maximum absolute atomic E-state index is 4.71. The summed E-state index contributed by atoms with van der Waals surface area (Å²) in [5.74, 6) is 1.31. The van der Waals surface area contributed by atoms with Gasteiger partial charge in [0.05, 0.1) is 0 Å². The van der Waals surface area contributed by atoms with Gasteiger partial charge >= 0.3 is 0 Å². The fraction of sp³-hybridized carbons (Fsp3) is 0.122. The van der Waals surface area contributed by atoms with Crippen molar-refractivity contribution in [3.8, 4) is 22.3 Å². The van der Waals surface area contributed by atoms with Crippen molar-refractivity contribution in [3.63, 3.8) is 0 Å². The predicted octanol–water partition coefficient (Wildman–Crippen LogP) is 11.6. The number of hydrogen-bond donors (Lipinski definition) is 0. The lowest BCUT2D eigenvalue weighted by molar-refractivity contribution is 0.913. The SMILES string of the molecule is C=C(/C(=C\C)c1ccccc1)c1cc(-c2c3ccccc3c(-c3ccccc3)c3ccccc23)ccc1C1CC1C. The Kier molecular flexibility index (Phi) is 6.40. The van der Waals surface area contributed by atoms with Gasteiger partial charge in [-0.05, 0) is 103 Å². The topological polar surface area (TPSA) is 0 Å². The first-order chi connectivity index (χ1) is 20.2. The van der Waals surface area contributed by atoms with E-state index in [2.05, 4.69) is 147 Å². The van der Waals surface area contributed by atoms with Gasteiger partial charge < -0.3 is 0 Å². The van der Waals surface area contributed by atoms with Gasteiger partial charge in [0.2, 0.25) is 0 Å². The third-order valence-corrected chi connectivity index (χ3v) is 8.87. The first-order valence-corrected chi connectivity index (χ1v) is 14.7. The van der Waals surface area contributed by atoms with Crippen LogP contribution in [0.5, 0.6) is 0 Å². The summed E-state index contributed by atoms with van der Waals surface area (Å²) in [7, 11) is 0. The highest BCUT2D eigenvalue weighted by molar-refractivity contribution is 6.21. The maximum atomic E-state index is 4.71. The van der Waals surface area contributed by atoms with Crippen molar-refractivity contribution in [2.24, 2.45) is 5.92 Å². The quantitative estimate of drug-likeness (QED) is 0.149. The molecule has 0 heteroatoms. The van der Waals surface area contributed by atoms with Crippen molar-refractivity contribution in [1.29, 1.82) is 0 Å². The fourth-order valence-corrected chi connectivity index (χ4v) is 6.69. The molecule has 0 bridgehead atoms. The minimum atomic E-state index is 0.596. The molecule has 0 aliphatic heterocycles. The summed E-state index contributed by atoms with van der Waals surface area (Å²) < 4.78 is 0. The van der Waals surface area contributed by atoms with Gasteiger partial charge in [-0.3, -0.25) is 0 Å². The van der Waals surface area contributed by atoms with Crippen LogP contribution in [0.25, 0.3) is 54.9 Å². The first kappa shape index (κ1) is 25.3. The molecule has 0 nitrogen and oxygen atoms in total. The summed E-state index contributed by atoms with van der Waals surface area (Å²) >= 11 is 0. The van der Waals surface area contributed by atoms with Gasteiger partial charge in [-0.15, -0.1) is 0 Å². The Hall–Kier alpha value is -4.68. The van der Waals surface area contributed by atoms with E-state index in [0.29, 0.717) is 11.8 Å². The van der Waals surface area contributed by atoms with Crippen molar-refractivity contribution in [2.75, 3.05) is 0 Å². The lowest BCUT2D eigenvalue weighted by Crippen LogP contribution is -1.97. The van der Waals surface area contributed by atoms with E-state index in [0.717, 1.165) is 5.57 Å². The van der Waals surface area contributed by atoms with Gasteiger partial charge in [0.15, 0.2) is 0 Å². The van der Waals surface area contributed by atoms with Crippen molar-refractivity contribution in [2.45, 2.75) is 26.2 Å². The molecular formula is C41H34. The van der Waals surface area contributed by atoms with Crippen LogP contribution < -0.4 is 0 Å². The molecule has 6 aromatic carbocycles. The predicted molar refractivity (Wildman–Crippen MR) is 178 cm³/mol. The Labute approximate surface area is 243 Å². The molecule has 1 fully saturated rings. The van der Waals surface area contributed by atoms with E-state index in [1.54, 1.807) is 0 Å². The molecule has 1 aliphatic rings. The van der Waals surface area contributed by atoms with Crippen LogP contribution in [-0.4, -0.2) is 0 Å². The lowest BCUT2D eigenvalue weighted by atomic mass is 9.83. The molecule has 0 spiro atoms. The standard InChI is InChI=1S/C41H34/c1-4-32(29-15-7-5-8-16-29)28(3)39-26-31(23-24-33(39)38-25-27(38)2)41-36-21-13-11-19-34(36)40(30-17-9-6-10-18-30)35-20-12-14-22-37(35)41/h4-24,26-27,38H,3,25H2,1-2H3/b32-4+. The Morgan fingerprint density at radius 1 is 0.634 bits per heavy atom. The molecule has 0 heterocycles. The lowest BCUT2D eigenvalue weighted by Gasteiger charge is -2.20. The van der Waals surface area contributed by atoms with Crippen LogP contribution in [0, 0.1) is 5.92 Å². The maximum Gasteiger partial charge on any atom is -0.00262 e. The highest BCUT2D eigenvalue weighted by Crippen LogP contribution is 2.51. The highest BCUT2D eigenvalue weighted by atomic mass is 14.4. The Balaban J connectivity index is 1.49. The van der Waals surface area contributed by atoms with E-state index in [1.165, 1.54) is 72.5 Å². The molecule has 6 aromatic rings. The largest absolute Gasteiger partial charge is 0.0905 e. The number of fused-ring (bicyclic) bond motifs is 2. The van der Waals surface area contributed by atoms with E-state index in [1.807, 2.05) is 0 Å². The number of rotatable bonds is 6. The monoisotopic (exact) mass is 526 g/mol. The molecule has 2 unspecified atom stereocenters. The minimum absolute atomic E-state index is 0.596. The van der Waals surface area contributed by atoms with Crippen LogP contribution in [0.3, 0.4) is 0 Å². The molecule has 7 rings (SSSR count). The van der Waals surface area contributed by atoms with E-state index < -0.39 is 0 Å². The summed E-state index contributed by atoms with van der Waals surface area (Å²) in [4.78, 5) is 0. The minimum Gasteiger partial charge on any atom is -0.0905 e. The second kappa shape index (κ2) is 10.4. The number of benzene rings is 6. The third kappa shape index (κ3) is 4.41. The highest BCUT2D eigenvalue weighted by Gasteiger charge is 2.36. The summed E-state index contributed by atoms with van der Waals surface area (Å²) in [5, 5.41) is 5.13. The zero-order valence-corrected chi connectivity index (χ0v) is 23.8. The van der Waals surface area contributed by atoms with E-state index in [9.17, 15) is 0 Å². The average Bonchev–Trinajstić information content (AvgIpc) is 3.76. The third-order valence-electron chi connectivity index (χ3n) is 8.87. The molecular weight excluding hydrogens is 492 g/mol. The van der Waals surface area contributed by atoms with Gasteiger partial charge in [-0.1, -0.05) is 141 Å². The van der Waals surface area contributed by atoms with Crippen LogP contribution in [-0.2, 0) is 0 Å². The molecule has 2 atom stereocenters. The van der Waals surface area contributed by atoms with Gasteiger partial charge in [0.25, 0.3) is 0 Å². The average molecular weight is 527 g/mol. The molecule has 41 heavy (non-hydrogen) atoms. The Bertz CT molecular complexity index is 1880. The second-order valence-corrected chi connectivity index (χ2v) is 11.4. The van der Waals surface area contributed by atoms with Crippen LogP contribution >= 0.6 is 0 Å². The molecule has 198 valence electrons. The smallest absolute Gasteiger partial charge is 0.00262 e. The Morgan fingerprint density at radius 2 is 1.12 bits per heavy atom. The molecule has 1 aliphatic carbocycles. The summed E-state index contributed by atoms with van der Waals surface area (Å²) in [6, 6.07) is 46.4. The fourth-order valence-electron chi connectivity index (χ4n) is 6.69. The van der Waals surface area contributed by atoms with E-state index >= 15 is 0 Å².